The van der Waals surface area contributed by atoms with Crippen LogP contribution in [-0.4, -0.2) is 47.7 Å². The van der Waals surface area contributed by atoms with Crippen LogP contribution >= 0.6 is 7.51 Å². The molecule has 2 heterocycles. The van der Waals surface area contributed by atoms with E-state index in [0.717, 1.165) is 0 Å². The van der Waals surface area contributed by atoms with Crippen molar-refractivity contribution in [2.45, 2.75) is 91.9 Å². The Hall–Kier alpha value is 0.230. The number of nitrogens with zero attached hydrogens (tertiary/aromatic N) is 1. The van der Waals surface area contributed by atoms with Gasteiger partial charge in [-0.3, -0.25) is 0 Å². The number of hydrogen-bond donors (Lipinski definition) is 0. The average Bonchev–Trinajstić information content (AvgIpc) is 2.72. The van der Waals surface area contributed by atoms with Gasteiger partial charge in [0, 0.05) is 0 Å². The molecule has 0 aliphatic carbocycles. The van der Waals surface area contributed by atoms with Gasteiger partial charge < -0.3 is 0 Å². The van der Waals surface area contributed by atoms with Crippen LogP contribution in [0.1, 0.15) is 55.4 Å². The summed E-state index contributed by atoms with van der Waals surface area (Å²) in [6, 6.07) is 0.747. The molecule has 1 spiro atoms. The third-order valence-corrected chi connectivity index (χ3v) is 8.27. The van der Waals surface area contributed by atoms with Crippen molar-refractivity contribution in [1.29, 1.82) is 0 Å². The maximum atomic E-state index is 6.30. The molecule has 5 nitrogen and oxygen atoms in total. The Bertz CT molecular complexity index is 330. The van der Waals surface area contributed by atoms with E-state index >= 15 is 0 Å². The monoisotopic (exact) mass is 321 g/mol. The van der Waals surface area contributed by atoms with Gasteiger partial charge in [0.2, 0.25) is 0 Å². The summed E-state index contributed by atoms with van der Waals surface area (Å²) in [5.74, 6) is 0. The molecule has 0 aromatic carbocycles. The first-order valence-corrected chi connectivity index (χ1v) is 10.2. The second-order valence-corrected chi connectivity index (χ2v) is 10.1. The van der Waals surface area contributed by atoms with Crippen LogP contribution in [0.4, 0.5) is 0 Å². The van der Waals surface area contributed by atoms with Crippen molar-refractivity contribution in [3.05, 3.63) is 0 Å². The van der Waals surface area contributed by atoms with Gasteiger partial charge in [-0.2, -0.15) is 0 Å². The number of hydrogen-bond acceptors (Lipinski definition) is 5. The number of rotatable bonds is 4. The van der Waals surface area contributed by atoms with Crippen molar-refractivity contribution >= 4 is 7.51 Å². The molecule has 0 bridgehead atoms. The molecule has 0 saturated carbocycles. The fraction of sp³-hybridized carbons (Fsp3) is 1.00. The molecule has 0 aromatic heterocycles. The molecular weight excluding hydrogens is 289 g/mol. The van der Waals surface area contributed by atoms with E-state index in [0.29, 0.717) is 18.4 Å². The van der Waals surface area contributed by atoms with Crippen molar-refractivity contribution in [2.24, 2.45) is 0 Å². The fourth-order valence-corrected chi connectivity index (χ4v) is 8.11. The SMILES string of the molecule is CC1OP2(CN(C(C)C)C(C)C)(OC1C)OC(C)C(C)O2. The van der Waals surface area contributed by atoms with Gasteiger partial charge >= 0.3 is 129 Å². The zero-order valence-corrected chi connectivity index (χ0v) is 15.6. The first-order valence-electron chi connectivity index (χ1n) is 8.11. The Morgan fingerprint density at radius 1 is 0.714 bits per heavy atom. The quantitative estimate of drug-likeness (QED) is 0.734. The van der Waals surface area contributed by atoms with Crippen LogP contribution < -0.4 is 0 Å². The van der Waals surface area contributed by atoms with Crippen molar-refractivity contribution in [1.82, 2.24) is 4.90 Å². The Kier molecular flexibility index (Phi) is 4.77. The van der Waals surface area contributed by atoms with Gasteiger partial charge in [0.15, 0.2) is 0 Å². The van der Waals surface area contributed by atoms with Gasteiger partial charge in [0.25, 0.3) is 0 Å². The van der Waals surface area contributed by atoms with Crippen LogP contribution in [0, 0.1) is 0 Å². The van der Waals surface area contributed by atoms with Crippen molar-refractivity contribution in [3.8, 4) is 0 Å². The Morgan fingerprint density at radius 2 is 1.00 bits per heavy atom. The minimum absolute atomic E-state index is 0.0126. The summed E-state index contributed by atoms with van der Waals surface area (Å²) < 4.78 is 25.2. The molecule has 2 aliphatic rings. The molecule has 2 rings (SSSR count). The molecule has 126 valence electrons. The summed E-state index contributed by atoms with van der Waals surface area (Å²) in [6.07, 6.45) is 0.523. The third-order valence-electron chi connectivity index (χ3n) is 4.52. The van der Waals surface area contributed by atoms with E-state index in [-0.39, 0.29) is 24.4 Å². The van der Waals surface area contributed by atoms with Crippen LogP contribution in [0.3, 0.4) is 0 Å². The van der Waals surface area contributed by atoms with E-state index in [2.05, 4.69) is 32.6 Å². The zero-order chi connectivity index (χ0) is 16.0. The van der Waals surface area contributed by atoms with Gasteiger partial charge in [-0.15, -0.1) is 0 Å². The van der Waals surface area contributed by atoms with E-state index in [1.807, 2.05) is 27.7 Å². The Labute approximate surface area is 129 Å². The second-order valence-electron chi connectivity index (χ2n) is 7.05. The summed E-state index contributed by atoms with van der Waals surface area (Å²) in [6.45, 7) is 16.8. The molecule has 0 radical (unpaired) electrons. The van der Waals surface area contributed by atoms with Crippen LogP contribution in [0.2, 0.25) is 0 Å². The molecule has 6 heteroatoms. The maximum absolute atomic E-state index is 6.30. The van der Waals surface area contributed by atoms with Gasteiger partial charge in [-0.25, -0.2) is 0 Å². The van der Waals surface area contributed by atoms with E-state index in [1.165, 1.54) is 0 Å². The van der Waals surface area contributed by atoms with Crippen molar-refractivity contribution in [3.63, 3.8) is 0 Å². The molecule has 4 unspecified atom stereocenters. The van der Waals surface area contributed by atoms with E-state index < -0.39 is 7.51 Å². The molecule has 2 fully saturated rings. The summed E-state index contributed by atoms with van der Waals surface area (Å²) in [5.41, 5.74) is 0. The van der Waals surface area contributed by atoms with Gasteiger partial charge in [-0.1, -0.05) is 0 Å². The van der Waals surface area contributed by atoms with Crippen LogP contribution in [0.5, 0.6) is 0 Å². The van der Waals surface area contributed by atoms with Gasteiger partial charge in [-0.05, 0) is 0 Å². The molecule has 0 aromatic rings. The molecular formula is C15H32NO4P. The molecule has 0 N–H and O–H groups in total. The molecule has 0 amide bonds. The summed E-state index contributed by atoms with van der Waals surface area (Å²) in [5, 5.41) is 0. The summed E-state index contributed by atoms with van der Waals surface area (Å²) in [7, 11) is -3.52. The van der Waals surface area contributed by atoms with Crippen molar-refractivity contribution < 1.29 is 18.1 Å². The predicted molar refractivity (Wildman–Crippen MR) is 86.1 cm³/mol. The summed E-state index contributed by atoms with van der Waals surface area (Å²) >= 11 is 0. The summed E-state index contributed by atoms with van der Waals surface area (Å²) in [4.78, 5) is 2.34. The predicted octanol–water partition coefficient (Wildman–Crippen LogP) is 3.92. The molecule has 2 aliphatic heterocycles. The molecule has 4 atom stereocenters. The van der Waals surface area contributed by atoms with Gasteiger partial charge in [0.05, 0.1) is 0 Å². The third kappa shape index (κ3) is 3.15. The Morgan fingerprint density at radius 3 is 1.24 bits per heavy atom. The van der Waals surface area contributed by atoms with E-state index in [9.17, 15) is 0 Å². The molecule has 2 saturated heterocycles. The van der Waals surface area contributed by atoms with E-state index in [4.69, 9.17) is 18.1 Å². The van der Waals surface area contributed by atoms with Crippen LogP contribution in [0.25, 0.3) is 0 Å². The molecule has 21 heavy (non-hydrogen) atoms. The second kappa shape index (κ2) is 5.70. The normalized spacial score (nSPS) is 40.2. The Balaban J connectivity index is 2.35. The van der Waals surface area contributed by atoms with Crippen LogP contribution in [0.15, 0.2) is 0 Å². The minimum atomic E-state index is -3.52. The first-order chi connectivity index (χ1) is 9.57. The van der Waals surface area contributed by atoms with E-state index in [1.54, 1.807) is 0 Å². The fourth-order valence-electron chi connectivity index (χ4n) is 3.10. The van der Waals surface area contributed by atoms with Crippen LogP contribution in [-0.2, 0) is 18.1 Å². The first kappa shape index (κ1) is 17.6. The standard InChI is InChI=1S/C15H32NO4P/c1-10(2)16(11(3)4)9-21(17-12(5)13(6)18-21)19-14(7)15(8)20-21/h10-15H,9H2,1-8H3. The van der Waals surface area contributed by atoms with Crippen molar-refractivity contribution in [2.75, 3.05) is 6.29 Å². The van der Waals surface area contributed by atoms with Gasteiger partial charge in [0.1, 0.15) is 0 Å². The topological polar surface area (TPSA) is 40.2 Å². The average molecular weight is 321 g/mol. The zero-order valence-electron chi connectivity index (χ0n) is 14.7.